The first-order chi connectivity index (χ1) is 18.4. The number of aliphatic imine (C=N–C) groups is 1. The number of hydrazone groups is 1. The Kier molecular flexibility index (Phi) is 7.67. The number of hydrogen-bond donors (Lipinski definition) is 1. The van der Waals surface area contributed by atoms with Crippen molar-refractivity contribution in [2.75, 3.05) is 19.5 Å². The molecule has 10 heteroatoms. The first-order valence-corrected chi connectivity index (χ1v) is 13.2. The number of nitrogens with one attached hydrogen (secondary N) is 1. The molecule has 5 rings (SSSR count). The minimum Gasteiger partial charge on any atom is -0.497 e. The van der Waals surface area contributed by atoms with Gasteiger partial charge in [0.1, 0.15) is 16.7 Å². The summed E-state index contributed by atoms with van der Waals surface area (Å²) in [5, 5.41) is 9.89. The predicted molar refractivity (Wildman–Crippen MR) is 150 cm³/mol. The number of methoxy groups -OCH3 is 2. The number of thioether (sulfide) groups is 1. The summed E-state index contributed by atoms with van der Waals surface area (Å²) in [6, 6.07) is 22.1. The van der Waals surface area contributed by atoms with Gasteiger partial charge in [0.15, 0.2) is 5.17 Å². The Morgan fingerprint density at radius 2 is 1.79 bits per heavy atom. The third-order valence-corrected chi connectivity index (χ3v) is 7.63. The standard InChI is InChI=1S/C28H25ClN4O4S/c1-36-21-12-6-17(7-13-21)24-15-23(18-4-3-5-22(14-18)37-2)32-33(24)28-31-27(35)25(38-28)16-26(34)30-20-10-8-19(29)9-11-20/h3-14,24-25H,15-16H2,1-2H3,(H,30,34). The Morgan fingerprint density at radius 3 is 2.50 bits per heavy atom. The molecule has 2 aliphatic heterocycles. The van der Waals surface area contributed by atoms with Gasteiger partial charge in [0.05, 0.1) is 26.0 Å². The second kappa shape index (κ2) is 11.3. The van der Waals surface area contributed by atoms with E-state index in [1.807, 2.05) is 48.5 Å². The highest BCUT2D eigenvalue weighted by atomic mass is 35.5. The van der Waals surface area contributed by atoms with Crippen LogP contribution in [0.1, 0.15) is 30.0 Å². The van der Waals surface area contributed by atoms with E-state index >= 15 is 0 Å². The molecule has 2 unspecified atom stereocenters. The van der Waals surface area contributed by atoms with Crippen molar-refractivity contribution in [3.05, 3.63) is 88.9 Å². The summed E-state index contributed by atoms with van der Waals surface area (Å²) in [5.41, 5.74) is 3.40. The van der Waals surface area contributed by atoms with Gasteiger partial charge in [0.25, 0.3) is 5.91 Å². The molecular weight excluding hydrogens is 524 g/mol. The summed E-state index contributed by atoms with van der Waals surface area (Å²) in [6.45, 7) is 0. The molecule has 2 atom stereocenters. The Bertz CT molecular complexity index is 1410. The van der Waals surface area contributed by atoms with Gasteiger partial charge >= 0.3 is 0 Å². The van der Waals surface area contributed by atoms with Crippen LogP contribution in [0.3, 0.4) is 0 Å². The number of amides is 2. The van der Waals surface area contributed by atoms with E-state index in [-0.39, 0.29) is 24.3 Å². The fourth-order valence-corrected chi connectivity index (χ4v) is 5.46. The highest BCUT2D eigenvalue weighted by Gasteiger charge is 2.39. The number of amidine groups is 1. The van der Waals surface area contributed by atoms with E-state index in [1.165, 1.54) is 11.8 Å². The van der Waals surface area contributed by atoms with Gasteiger partial charge in [-0.15, -0.1) is 0 Å². The third-order valence-electron chi connectivity index (χ3n) is 6.24. The van der Waals surface area contributed by atoms with Crippen LogP contribution in [0.4, 0.5) is 5.69 Å². The summed E-state index contributed by atoms with van der Waals surface area (Å²) in [7, 11) is 3.25. The van der Waals surface area contributed by atoms with Crippen LogP contribution in [0.15, 0.2) is 82.9 Å². The number of benzene rings is 3. The molecule has 0 radical (unpaired) electrons. The zero-order valence-corrected chi connectivity index (χ0v) is 22.3. The van der Waals surface area contributed by atoms with Gasteiger partial charge in [0.2, 0.25) is 5.91 Å². The number of hydrogen-bond acceptors (Lipinski definition) is 7. The number of nitrogens with zero attached hydrogens (tertiary/aromatic N) is 3. The number of carbonyl (C=O) groups is 2. The largest absolute Gasteiger partial charge is 0.497 e. The SMILES string of the molecule is COc1ccc(C2CC(c3cccc(OC)c3)=NN2C2=NC(=O)C(CC(=O)Nc3ccc(Cl)cc3)S2)cc1. The zero-order chi connectivity index (χ0) is 26.6. The maximum absolute atomic E-state index is 12.8. The van der Waals surface area contributed by atoms with Gasteiger partial charge in [-0.1, -0.05) is 47.6 Å². The second-order valence-corrected chi connectivity index (χ2v) is 10.3. The van der Waals surface area contributed by atoms with Crippen LogP contribution in [0.25, 0.3) is 0 Å². The Hall–Kier alpha value is -3.82. The maximum Gasteiger partial charge on any atom is 0.262 e. The molecule has 3 aromatic rings. The normalized spacial score (nSPS) is 18.7. The van der Waals surface area contributed by atoms with E-state index in [0.717, 1.165) is 28.3 Å². The van der Waals surface area contributed by atoms with Gasteiger partial charge in [-0.2, -0.15) is 10.1 Å². The second-order valence-electron chi connectivity index (χ2n) is 8.71. The number of anilines is 1. The van der Waals surface area contributed by atoms with Crippen molar-refractivity contribution in [3.63, 3.8) is 0 Å². The van der Waals surface area contributed by atoms with Gasteiger partial charge in [-0.05, 0) is 54.1 Å². The molecule has 0 aliphatic carbocycles. The van der Waals surface area contributed by atoms with E-state index in [1.54, 1.807) is 43.5 Å². The van der Waals surface area contributed by atoms with Crippen LogP contribution in [0.5, 0.6) is 11.5 Å². The third kappa shape index (κ3) is 5.69. The smallest absolute Gasteiger partial charge is 0.262 e. The first kappa shape index (κ1) is 25.8. The predicted octanol–water partition coefficient (Wildman–Crippen LogP) is 5.54. The molecule has 0 fully saturated rings. The number of rotatable bonds is 7. The monoisotopic (exact) mass is 548 g/mol. The summed E-state index contributed by atoms with van der Waals surface area (Å²) in [4.78, 5) is 29.8. The minimum absolute atomic E-state index is 0.00732. The number of halogens is 1. The molecule has 38 heavy (non-hydrogen) atoms. The molecule has 0 saturated heterocycles. The molecule has 3 aromatic carbocycles. The lowest BCUT2D eigenvalue weighted by atomic mass is 9.98. The maximum atomic E-state index is 12.8. The highest BCUT2D eigenvalue weighted by Crippen LogP contribution is 2.39. The molecule has 2 heterocycles. The van der Waals surface area contributed by atoms with Gasteiger partial charge < -0.3 is 14.8 Å². The molecule has 0 spiro atoms. The molecule has 8 nitrogen and oxygen atoms in total. The Balaban J connectivity index is 1.36. The molecule has 0 aromatic heterocycles. The molecule has 0 bridgehead atoms. The van der Waals surface area contributed by atoms with Crippen LogP contribution < -0.4 is 14.8 Å². The minimum atomic E-state index is -0.634. The van der Waals surface area contributed by atoms with Crippen molar-refractivity contribution in [1.29, 1.82) is 0 Å². The van der Waals surface area contributed by atoms with Gasteiger partial charge in [-0.25, -0.2) is 5.01 Å². The topological polar surface area (TPSA) is 92.6 Å². The lowest BCUT2D eigenvalue weighted by molar-refractivity contribution is -0.121. The quantitative estimate of drug-likeness (QED) is 0.417. The van der Waals surface area contributed by atoms with Crippen molar-refractivity contribution < 1.29 is 19.1 Å². The lowest BCUT2D eigenvalue weighted by Gasteiger charge is -2.23. The average molecular weight is 549 g/mol. The molecule has 2 aliphatic rings. The van der Waals surface area contributed by atoms with Crippen LogP contribution >= 0.6 is 23.4 Å². The van der Waals surface area contributed by atoms with E-state index in [9.17, 15) is 9.59 Å². The summed E-state index contributed by atoms with van der Waals surface area (Å²) < 4.78 is 10.7. The van der Waals surface area contributed by atoms with Crippen molar-refractivity contribution in [2.45, 2.75) is 24.1 Å². The molecule has 0 saturated carbocycles. The Morgan fingerprint density at radius 1 is 1.05 bits per heavy atom. The van der Waals surface area contributed by atoms with Crippen molar-refractivity contribution in [2.24, 2.45) is 10.1 Å². The summed E-state index contributed by atoms with van der Waals surface area (Å²) >= 11 is 7.17. The van der Waals surface area contributed by atoms with Gasteiger partial charge in [0, 0.05) is 29.1 Å². The van der Waals surface area contributed by atoms with Crippen LogP contribution in [-0.4, -0.2) is 47.2 Å². The molecule has 194 valence electrons. The van der Waals surface area contributed by atoms with E-state index in [2.05, 4.69) is 10.3 Å². The molecular formula is C28H25ClN4O4S. The summed E-state index contributed by atoms with van der Waals surface area (Å²) in [6.07, 6.45) is 0.599. The van der Waals surface area contributed by atoms with Crippen molar-refractivity contribution in [1.82, 2.24) is 5.01 Å². The van der Waals surface area contributed by atoms with Crippen LogP contribution in [-0.2, 0) is 9.59 Å². The fraction of sp³-hybridized carbons (Fsp3) is 0.214. The number of carbonyl (C=O) groups excluding carboxylic acids is 2. The van der Waals surface area contributed by atoms with Crippen LogP contribution in [0.2, 0.25) is 5.02 Å². The van der Waals surface area contributed by atoms with E-state index < -0.39 is 5.25 Å². The van der Waals surface area contributed by atoms with Crippen molar-refractivity contribution in [3.8, 4) is 11.5 Å². The first-order valence-electron chi connectivity index (χ1n) is 11.9. The fourth-order valence-electron chi connectivity index (χ4n) is 4.27. The highest BCUT2D eigenvalue weighted by molar-refractivity contribution is 8.15. The van der Waals surface area contributed by atoms with Crippen molar-refractivity contribution >= 4 is 51.7 Å². The van der Waals surface area contributed by atoms with Crippen LogP contribution in [0, 0.1) is 0 Å². The molecule has 1 N–H and O–H groups in total. The average Bonchev–Trinajstić information content (AvgIpc) is 3.54. The van der Waals surface area contributed by atoms with Gasteiger partial charge in [-0.3, -0.25) is 9.59 Å². The Labute approximate surface area is 229 Å². The molecule has 2 amide bonds. The van der Waals surface area contributed by atoms with E-state index in [0.29, 0.717) is 22.3 Å². The lowest BCUT2D eigenvalue weighted by Crippen LogP contribution is -2.25. The zero-order valence-electron chi connectivity index (χ0n) is 20.8. The summed E-state index contributed by atoms with van der Waals surface area (Å²) in [5.74, 6) is 0.860. The number of ether oxygens (including phenoxy) is 2. The van der Waals surface area contributed by atoms with E-state index in [4.69, 9.17) is 26.2 Å².